The molecule has 0 unspecified atom stereocenters. The molecule has 2 aromatic rings. The summed E-state index contributed by atoms with van der Waals surface area (Å²) in [6, 6.07) is 6.59. The normalized spacial score (nSPS) is 10.7. The Hall–Kier alpha value is -1.26. The van der Waals surface area contributed by atoms with E-state index in [4.69, 9.17) is 0 Å². The van der Waals surface area contributed by atoms with E-state index in [1.54, 1.807) is 23.5 Å². The van der Waals surface area contributed by atoms with Gasteiger partial charge in [0.05, 0.1) is 11.2 Å². The lowest BCUT2D eigenvalue weighted by Gasteiger charge is -2.04. The van der Waals surface area contributed by atoms with E-state index >= 15 is 0 Å². The Labute approximate surface area is 105 Å². The molecule has 1 N–H and O–H groups in total. The second-order valence-electron chi connectivity index (χ2n) is 3.91. The zero-order chi connectivity index (χ0) is 12.1. The van der Waals surface area contributed by atoms with Crippen LogP contribution in [0.15, 0.2) is 29.8 Å². The van der Waals surface area contributed by atoms with E-state index in [9.17, 15) is 4.39 Å². The van der Waals surface area contributed by atoms with Gasteiger partial charge in [-0.2, -0.15) is 0 Å². The van der Waals surface area contributed by atoms with Gasteiger partial charge in [-0.05, 0) is 31.0 Å². The lowest BCUT2D eigenvalue weighted by atomic mass is 10.2. The Morgan fingerprint density at radius 1 is 1.29 bits per heavy atom. The maximum atomic E-state index is 12.7. The quantitative estimate of drug-likeness (QED) is 0.825. The van der Waals surface area contributed by atoms with E-state index in [0.29, 0.717) is 0 Å². The van der Waals surface area contributed by atoms with Crippen molar-refractivity contribution < 1.29 is 4.39 Å². The molecule has 17 heavy (non-hydrogen) atoms. The summed E-state index contributed by atoms with van der Waals surface area (Å²) in [5.74, 6) is -0.186. The molecule has 2 rings (SSSR count). The smallest absolute Gasteiger partial charge is 0.123 e. The molecule has 0 aliphatic heterocycles. The second-order valence-corrected chi connectivity index (χ2v) is 4.85. The van der Waals surface area contributed by atoms with Gasteiger partial charge in [0.25, 0.3) is 0 Å². The summed E-state index contributed by atoms with van der Waals surface area (Å²) in [7, 11) is 0. The fourth-order valence-corrected chi connectivity index (χ4v) is 2.38. The minimum absolute atomic E-state index is 0.186. The summed E-state index contributed by atoms with van der Waals surface area (Å²) in [6.45, 7) is 3.73. The molecule has 0 fully saturated rings. The monoisotopic (exact) mass is 250 g/mol. The summed E-state index contributed by atoms with van der Waals surface area (Å²) in [5, 5.41) is 3.34. The number of aryl methyl sites for hydroxylation is 1. The predicted octanol–water partition coefficient (Wildman–Crippen LogP) is 2.92. The maximum Gasteiger partial charge on any atom is 0.123 e. The molecule has 2 nitrogen and oxygen atoms in total. The molecule has 0 saturated carbocycles. The number of aromatic nitrogens is 1. The highest BCUT2D eigenvalue weighted by molar-refractivity contribution is 7.09. The standard InChI is InChI=1S/C13H15FN2S/c1-10-13(17-9-16-10)6-7-15-8-11-2-4-12(14)5-3-11/h2-5,9,15H,6-8H2,1H3. The second kappa shape index (κ2) is 5.89. The van der Waals surface area contributed by atoms with Gasteiger partial charge in [0, 0.05) is 18.0 Å². The van der Waals surface area contributed by atoms with E-state index < -0.39 is 0 Å². The number of hydrogen-bond donors (Lipinski definition) is 1. The molecule has 0 aliphatic carbocycles. The molecule has 90 valence electrons. The number of nitrogens with zero attached hydrogens (tertiary/aromatic N) is 1. The van der Waals surface area contributed by atoms with Gasteiger partial charge in [0.2, 0.25) is 0 Å². The number of halogens is 1. The van der Waals surface area contributed by atoms with Crippen LogP contribution >= 0.6 is 11.3 Å². The molecule has 4 heteroatoms. The Morgan fingerprint density at radius 2 is 2.06 bits per heavy atom. The van der Waals surface area contributed by atoms with Gasteiger partial charge in [-0.15, -0.1) is 11.3 Å². The maximum absolute atomic E-state index is 12.7. The molecule has 1 aromatic carbocycles. The SMILES string of the molecule is Cc1ncsc1CCNCc1ccc(F)cc1. The summed E-state index contributed by atoms with van der Waals surface area (Å²) in [4.78, 5) is 5.54. The van der Waals surface area contributed by atoms with Crippen LogP contribution in [0.4, 0.5) is 4.39 Å². The minimum atomic E-state index is -0.186. The fraction of sp³-hybridized carbons (Fsp3) is 0.308. The van der Waals surface area contributed by atoms with E-state index in [2.05, 4.69) is 10.3 Å². The highest BCUT2D eigenvalue weighted by atomic mass is 32.1. The van der Waals surface area contributed by atoms with Crippen molar-refractivity contribution in [3.05, 3.63) is 51.7 Å². The number of benzene rings is 1. The van der Waals surface area contributed by atoms with Crippen LogP contribution in [0.25, 0.3) is 0 Å². The highest BCUT2D eigenvalue weighted by Crippen LogP contribution is 2.12. The first kappa shape index (κ1) is 12.2. The molecule has 0 spiro atoms. The molecule has 1 heterocycles. The zero-order valence-corrected chi connectivity index (χ0v) is 10.6. The number of rotatable bonds is 5. The molecular formula is C13H15FN2S. The van der Waals surface area contributed by atoms with Crippen molar-refractivity contribution in [1.82, 2.24) is 10.3 Å². The lowest BCUT2D eigenvalue weighted by molar-refractivity contribution is 0.625. The van der Waals surface area contributed by atoms with Gasteiger partial charge in [-0.3, -0.25) is 0 Å². The third kappa shape index (κ3) is 3.61. The van der Waals surface area contributed by atoms with Crippen LogP contribution in [0.1, 0.15) is 16.1 Å². The largest absolute Gasteiger partial charge is 0.312 e. The van der Waals surface area contributed by atoms with Crippen molar-refractivity contribution in [2.24, 2.45) is 0 Å². The van der Waals surface area contributed by atoms with E-state index in [0.717, 1.165) is 30.8 Å². The van der Waals surface area contributed by atoms with Gasteiger partial charge in [0.1, 0.15) is 5.82 Å². The molecule has 0 bridgehead atoms. The first-order valence-corrected chi connectivity index (χ1v) is 6.48. The van der Waals surface area contributed by atoms with Crippen LogP contribution in [-0.4, -0.2) is 11.5 Å². The fourth-order valence-electron chi connectivity index (χ4n) is 1.60. The van der Waals surface area contributed by atoms with Crippen LogP contribution in [0.5, 0.6) is 0 Å². The summed E-state index contributed by atoms with van der Waals surface area (Å²) < 4.78 is 12.7. The molecule has 0 amide bonds. The van der Waals surface area contributed by atoms with Crippen LogP contribution in [0.3, 0.4) is 0 Å². The Morgan fingerprint density at radius 3 is 2.71 bits per heavy atom. The van der Waals surface area contributed by atoms with Crippen molar-refractivity contribution in [3.8, 4) is 0 Å². The first-order chi connectivity index (χ1) is 8.25. The van der Waals surface area contributed by atoms with Crippen molar-refractivity contribution in [2.75, 3.05) is 6.54 Å². The van der Waals surface area contributed by atoms with Crippen molar-refractivity contribution >= 4 is 11.3 Å². The highest BCUT2D eigenvalue weighted by Gasteiger charge is 2.00. The third-order valence-corrected chi connectivity index (χ3v) is 3.61. The lowest BCUT2D eigenvalue weighted by Crippen LogP contribution is -2.16. The van der Waals surface area contributed by atoms with Crippen molar-refractivity contribution in [1.29, 1.82) is 0 Å². The van der Waals surface area contributed by atoms with Crippen LogP contribution in [-0.2, 0) is 13.0 Å². The van der Waals surface area contributed by atoms with Crippen LogP contribution < -0.4 is 5.32 Å². The van der Waals surface area contributed by atoms with Crippen molar-refractivity contribution in [2.45, 2.75) is 19.9 Å². The molecule has 0 atom stereocenters. The molecule has 0 saturated heterocycles. The number of thiazole rings is 1. The average molecular weight is 250 g/mol. The summed E-state index contributed by atoms with van der Waals surface area (Å²) >= 11 is 1.70. The molecule has 0 aliphatic rings. The number of hydrogen-bond acceptors (Lipinski definition) is 3. The average Bonchev–Trinajstić information content (AvgIpc) is 2.73. The van der Waals surface area contributed by atoms with Gasteiger partial charge >= 0.3 is 0 Å². The van der Waals surface area contributed by atoms with Gasteiger partial charge in [0.15, 0.2) is 0 Å². The molecular weight excluding hydrogens is 235 g/mol. The Kier molecular flexibility index (Phi) is 4.23. The summed E-state index contributed by atoms with van der Waals surface area (Å²) in [6.07, 6.45) is 0.998. The first-order valence-electron chi connectivity index (χ1n) is 5.60. The third-order valence-electron chi connectivity index (χ3n) is 2.62. The van der Waals surface area contributed by atoms with E-state index in [-0.39, 0.29) is 5.82 Å². The topological polar surface area (TPSA) is 24.9 Å². The van der Waals surface area contributed by atoms with Gasteiger partial charge < -0.3 is 5.32 Å². The minimum Gasteiger partial charge on any atom is -0.312 e. The predicted molar refractivity (Wildman–Crippen MR) is 68.7 cm³/mol. The summed E-state index contributed by atoms with van der Waals surface area (Å²) in [5.41, 5.74) is 4.11. The van der Waals surface area contributed by atoms with Crippen LogP contribution in [0, 0.1) is 12.7 Å². The number of nitrogens with one attached hydrogen (secondary N) is 1. The van der Waals surface area contributed by atoms with Crippen LogP contribution in [0.2, 0.25) is 0 Å². The van der Waals surface area contributed by atoms with Gasteiger partial charge in [-0.1, -0.05) is 12.1 Å². The Bertz CT molecular complexity index is 465. The van der Waals surface area contributed by atoms with Gasteiger partial charge in [-0.25, -0.2) is 9.37 Å². The van der Waals surface area contributed by atoms with E-state index in [1.165, 1.54) is 17.0 Å². The zero-order valence-electron chi connectivity index (χ0n) is 9.74. The molecule has 1 aromatic heterocycles. The van der Waals surface area contributed by atoms with E-state index in [1.807, 2.05) is 12.4 Å². The van der Waals surface area contributed by atoms with Crippen molar-refractivity contribution in [3.63, 3.8) is 0 Å². The molecule has 0 radical (unpaired) electrons. The Balaban J connectivity index is 1.73.